The number of fused-ring (bicyclic) bond motifs is 9. The Kier molecular flexibility index (Phi) is 7.64. The molecule has 4 heterocycles. The lowest BCUT2D eigenvalue weighted by atomic mass is 9.80. The minimum absolute atomic E-state index is 0.0341. The van der Waals surface area contributed by atoms with Gasteiger partial charge in [-0.3, -0.25) is 14.4 Å². The van der Waals surface area contributed by atoms with Crippen molar-refractivity contribution in [2.75, 3.05) is 40.8 Å². The minimum atomic E-state index is -4.01. The molecule has 5 aliphatic rings. The zero-order chi connectivity index (χ0) is 34.4. The summed E-state index contributed by atoms with van der Waals surface area (Å²) in [7, 11) is 0.403. The van der Waals surface area contributed by atoms with E-state index in [0.717, 1.165) is 76.3 Å². The molecule has 4 atom stereocenters. The lowest BCUT2D eigenvalue weighted by Gasteiger charge is -2.41. The van der Waals surface area contributed by atoms with Crippen LogP contribution in [-0.4, -0.2) is 91.7 Å². The van der Waals surface area contributed by atoms with Crippen molar-refractivity contribution >= 4 is 38.8 Å². The molecule has 11 nitrogen and oxygen atoms in total. The first-order valence-corrected chi connectivity index (χ1v) is 19.1. The van der Waals surface area contributed by atoms with Crippen LogP contribution in [0.1, 0.15) is 91.6 Å². The summed E-state index contributed by atoms with van der Waals surface area (Å²) in [4.78, 5) is 45.2. The maximum atomic E-state index is 15.4. The van der Waals surface area contributed by atoms with Crippen LogP contribution in [0.2, 0.25) is 0 Å². The molecule has 8 rings (SSSR count). The van der Waals surface area contributed by atoms with E-state index in [1.54, 1.807) is 26.2 Å². The average molecular weight is 688 g/mol. The molecule has 4 fully saturated rings. The van der Waals surface area contributed by atoms with E-state index in [1.807, 2.05) is 17.0 Å². The van der Waals surface area contributed by atoms with E-state index >= 15 is 4.79 Å². The van der Waals surface area contributed by atoms with Crippen LogP contribution in [0.15, 0.2) is 36.4 Å². The number of benzene rings is 2. The van der Waals surface area contributed by atoms with Crippen LogP contribution in [0, 0.1) is 5.92 Å². The second-order valence-electron chi connectivity index (χ2n) is 14.9. The molecule has 2 saturated heterocycles. The van der Waals surface area contributed by atoms with Gasteiger partial charge in [0.2, 0.25) is 11.8 Å². The molecular weight excluding hydrogens is 643 g/mol. The SMILES string of the molecule is COc1ccc2c(c1)C1CC1(C(=O)N1CCC[C@H]3CN(C(C)=O)C[C@H]31)n1c-2c(C2CCCCC2)c2ccc(C(=O)NS(=O)(=O)N(C)C)cc21. The molecule has 49 heavy (non-hydrogen) atoms. The normalized spacial score (nSPS) is 26.2. The second kappa shape index (κ2) is 11.6. The second-order valence-corrected chi connectivity index (χ2v) is 16.8. The van der Waals surface area contributed by atoms with Crippen molar-refractivity contribution < 1.29 is 27.5 Å². The third-order valence-electron chi connectivity index (χ3n) is 12.1. The largest absolute Gasteiger partial charge is 0.497 e. The highest BCUT2D eigenvalue weighted by molar-refractivity contribution is 7.87. The van der Waals surface area contributed by atoms with E-state index in [4.69, 9.17) is 4.74 Å². The predicted octanol–water partition coefficient (Wildman–Crippen LogP) is 4.57. The van der Waals surface area contributed by atoms with E-state index in [1.165, 1.54) is 26.1 Å². The van der Waals surface area contributed by atoms with Gasteiger partial charge in [-0.15, -0.1) is 0 Å². The molecule has 3 aromatic rings. The summed E-state index contributed by atoms with van der Waals surface area (Å²) in [6.45, 7) is 3.48. The molecule has 2 aromatic carbocycles. The summed E-state index contributed by atoms with van der Waals surface area (Å²) in [6.07, 6.45) is 8.04. The van der Waals surface area contributed by atoms with Crippen LogP contribution in [0.3, 0.4) is 0 Å². The summed E-state index contributed by atoms with van der Waals surface area (Å²) in [5.74, 6) is 0.599. The summed E-state index contributed by atoms with van der Waals surface area (Å²) < 4.78 is 36.4. The Morgan fingerprint density at radius 3 is 2.47 bits per heavy atom. The van der Waals surface area contributed by atoms with E-state index in [9.17, 15) is 18.0 Å². The average Bonchev–Trinajstić information content (AvgIpc) is 3.54. The topological polar surface area (TPSA) is 121 Å². The number of aromatic nitrogens is 1. The summed E-state index contributed by atoms with van der Waals surface area (Å²) in [6, 6.07) is 11.6. The number of methoxy groups -OCH3 is 1. The molecule has 12 heteroatoms. The number of piperidine rings is 1. The fourth-order valence-electron chi connectivity index (χ4n) is 9.51. The molecule has 2 saturated carbocycles. The summed E-state index contributed by atoms with van der Waals surface area (Å²) in [5, 5.41) is 1.01. The Bertz CT molecular complexity index is 2000. The van der Waals surface area contributed by atoms with Crippen LogP contribution < -0.4 is 9.46 Å². The van der Waals surface area contributed by atoms with Gasteiger partial charge in [0.05, 0.1) is 24.4 Å². The number of rotatable bonds is 6. The van der Waals surface area contributed by atoms with E-state index in [-0.39, 0.29) is 41.2 Å². The van der Waals surface area contributed by atoms with Crippen LogP contribution in [0.4, 0.5) is 0 Å². The number of carbonyl (C=O) groups excluding carboxylic acids is 3. The molecule has 0 spiro atoms. The zero-order valence-electron chi connectivity index (χ0n) is 28.7. The van der Waals surface area contributed by atoms with Gasteiger partial charge in [-0.2, -0.15) is 12.7 Å². The van der Waals surface area contributed by atoms with Crippen molar-refractivity contribution in [2.24, 2.45) is 5.92 Å². The number of ether oxygens (including phenoxy) is 1. The Balaban J connectivity index is 1.34. The smallest absolute Gasteiger partial charge is 0.303 e. The molecule has 1 aromatic heterocycles. The fraction of sp³-hybridized carbons (Fsp3) is 0.541. The zero-order valence-corrected chi connectivity index (χ0v) is 29.5. The maximum Gasteiger partial charge on any atom is 0.303 e. The van der Waals surface area contributed by atoms with Crippen molar-refractivity contribution in [3.8, 4) is 17.0 Å². The van der Waals surface area contributed by atoms with Crippen molar-refractivity contribution in [3.63, 3.8) is 0 Å². The third kappa shape index (κ3) is 4.92. The lowest BCUT2D eigenvalue weighted by molar-refractivity contribution is -0.141. The summed E-state index contributed by atoms with van der Waals surface area (Å²) >= 11 is 0. The highest BCUT2D eigenvalue weighted by atomic mass is 32.2. The Morgan fingerprint density at radius 1 is 0.980 bits per heavy atom. The van der Waals surface area contributed by atoms with Gasteiger partial charge < -0.3 is 19.1 Å². The molecule has 260 valence electrons. The summed E-state index contributed by atoms with van der Waals surface area (Å²) in [5.41, 5.74) is 4.55. The number of hydrogen-bond donors (Lipinski definition) is 1. The first-order chi connectivity index (χ1) is 23.5. The van der Waals surface area contributed by atoms with Crippen molar-refractivity contribution in [2.45, 2.75) is 81.7 Å². The van der Waals surface area contributed by atoms with Gasteiger partial charge in [0.15, 0.2) is 0 Å². The van der Waals surface area contributed by atoms with Gasteiger partial charge in [0.1, 0.15) is 11.3 Å². The molecular formula is C37H45N5O6S. The molecule has 1 N–H and O–H groups in total. The number of nitrogens with one attached hydrogen (secondary N) is 1. The van der Waals surface area contributed by atoms with Gasteiger partial charge in [-0.1, -0.05) is 25.3 Å². The third-order valence-corrected chi connectivity index (χ3v) is 13.5. The number of nitrogens with zero attached hydrogens (tertiary/aromatic N) is 4. The predicted molar refractivity (Wildman–Crippen MR) is 186 cm³/mol. The fourth-order valence-corrected chi connectivity index (χ4v) is 10.0. The number of likely N-dealkylation sites (tertiary alicyclic amines) is 2. The molecule has 3 aliphatic heterocycles. The van der Waals surface area contributed by atoms with Crippen molar-refractivity contribution in [3.05, 3.63) is 53.1 Å². The maximum absolute atomic E-state index is 15.4. The Morgan fingerprint density at radius 2 is 1.76 bits per heavy atom. The van der Waals surface area contributed by atoms with Crippen molar-refractivity contribution in [1.82, 2.24) is 23.4 Å². The molecule has 2 unspecified atom stereocenters. The van der Waals surface area contributed by atoms with E-state index in [2.05, 4.69) is 26.3 Å². The number of amides is 3. The van der Waals surface area contributed by atoms with E-state index < -0.39 is 21.7 Å². The molecule has 2 aliphatic carbocycles. The van der Waals surface area contributed by atoms with Crippen LogP contribution >= 0.6 is 0 Å². The Labute approximate surface area is 287 Å². The van der Waals surface area contributed by atoms with Crippen LogP contribution in [0.25, 0.3) is 22.2 Å². The van der Waals surface area contributed by atoms with Crippen molar-refractivity contribution in [1.29, 1.82) is 0 Å². The first kappa shape index (κ1) is 32.3. The standard InChI is InChI=1S/C37H45N5O6S/c1-22(43)40-20-25-11-8-16-41(32(25)21-40)36(45)37-19-30(37)29-18-26(48-4)13-15-27(29)34-33(23-9-6-5-7-10-23)28-14-12-24(17-31(28)42(34)37)35(44)38-49(46,47)39(2)3/h12-15,17-18,23,25,30,32H,5-11,16,19-21H2,1-4H3,(H,38,44)/t25-,30?,32+,37?/m0/s1. The molecule has 0 radical (unpaired) electrons. The number of hydrogen-bond acceptors (Lipinski definition) is 6. The van der Waals surface area contributed by atoms with Crippen LogP contribution in [-0.2, 0) is 25.3 Å². The molecule has 3 amide bonds. The van der Waals surface area contributed by atoms with Crippen LogP contribution in [0.5, 0.6) is 5.75 Å². The quantitative estimate of drug-likeness (QED) is 0.406. The van der Waals surface area contributed by atoms with Gasteiger partial charge in [0, 0.05) is 63.1 Å². The highest BCUT2D eigenvalue weighted by Gasteiger charge is 2.68. The van der Waals surface area contributed by atoms with E-state index in [0.29, 0.717) is 26.1 Å². The van der Waals surface area contributed by atoms with Gasteiger partial charge in [-0.05, 0) is 85.4 Å². The monoisotopic (exact) mass is 687 g/mol. The number of carbonyl (C=O) groups is 3. The van der Waals surface area contributed by atoms with Gasteiger partial charge >= 0.3 is 10.2 Å². The Hall–Kier alpha value is -3.90. The lowest BCUT2D eigenvalue weighted by Crippen LogP contribution is -2.54. The molecule has 0 bridgehead atoms. The minimum Gasteiger partial charge on any atom is -0.497 e. The van der Waals surface area contributed by atoms with Gasteiger partial charge in [0.25, 0.3) is 5.91 Å². The first-order valence-electron chi connectivity index (χ1n) is 17.6. The van der Waals surface area contributed by atoms with Gasteiger partial charge in [-0.25, -0.2) is 4.72 Å². The highest BCUT2D eigenvalue weighted by Crippen LogP contribution is 2.67.